The molecule has 2 rings (SSSR count). The minimum atomic E-state index is -0.510. The summed E-state index contributed by atoms with van der Waals surface area (Å²) in [7, 11) is 0. The second-order valence-electron chi connectivity index (χ2n) is 4.30. The maximum absolute atomic E-state index is 11.1. The zero-order valence-electron chi connectivity index (χ0n) is 11.6. The second kappa shape index (κ2) is 6.21. The summed E-state index contributed by atoms with van der Waals surface area (Å²) in [4.78, 5) is 15.6. The summed E-state index contributed by atoms with van der Waals surface area (Å²) < 4.78 is 2.05. The number of aryl methyl sites for hydroxylation is 1. The predicted octanol–water partition coefficient (Wildman–Crippen LogP) is 1.85. The first-order chi connectivity index (χ1) is 9.71. The molecule has 0 saturated carbocycles. The number of hydrogen-bond donors (Lipinski definition) is 3. The van der Waals surface area contributed by atoms with Gasteiger partial charge < -0.3 is 5.32 Å². The van der Waals surface area contributed by atoms with Gasteiger partial charge in [-0.05, 0) is 31.6 Å². The molecule has 20 heavy (non-hydrogen) atoms. The van der Waals surface area contributed by atoms with E-state index in [1.807, 2.05) is 37.3 Å². The number of anilines is 1. The van der Waals surface area contributed by atoms with E-state index >= 15 is 0 Å². The number of allylic oxidation sites excluding steroid dienone is 1. The van der Waals surface area contributed by atoms with Crippen LogP contribution < -0.4 is 10.8 Å². The van der Waals surface area contributed by atoms with Gasteiger partial charge in [-0.3, -0.25) is 14.4 Å². The lowest BCUT2D eigenvalue weighted by Crippen LogP contribution is -2.27. The number of hydroxylamine groups is 1. The molecule has 0 spiro atoms. The number of pyridine rings is 1. The van der Waals surface area contributed by atoms with Crippen LogP contribution in [0, 0.1) is 0 Å². The van der Waals surface area contributed by atoms with E-state index in [0.29, 0.717) is 5.82 Å². The first kappa shape index (κ1) is 14.1. The molecule has 2 heterocycles. The van der Waals surface area contributed by atoms with E-state index in [9.17, 15) is 4.79 Å². The molecule has 2 aromatic rings. The average Bonchev–Trinajstić information content (AvgIpc) is 2.83. The SMILES string of the molecule is C/C=C/c1c(NCC(=O)NO)nc2cccc(CC)n12. The predicted molar refractivity (Wildman–Crippen MR) is 77.7 cm³/mol. The molecule has 106 valence electrons. The Morgan fingerprint density at radius 2 is 2.30 bits per heavy atom. The van der Waals surface area contributed by atoms with E-state index in [4.69, 9.17) is 5.21 Å². The van der Waals surface area contributed by atoms with Crippen molar-refractivity contribution in [2.45, 2.75) is 20.3 Å². The number of amides is 1. The fraction of sp³-hybridized carbons (Fsp3) is 0.286. The molecular weight excluding hydrogens is 256 g/mol. The standard InChI is InChI=1S/C14H18N4O2/c1-3-6-11-14(15-9-13(19)17-20)16-12-8-5-7-10(4-2)18(11)12/h3,5-8,15,20H,4,9H2,1-2H3,(H,17,19)/b6-3+. The molecule has 1 amide bonds. The highest BCUT2D eigenvalue weighted by molar-refractivity contribution is 5.80. The van der Waals surface area contributed by atoms with Gasteiger partial charge in [0.15, 0.2) is 5.82 Å². The number of imidazole rings is 1. The van der Waals surface area contributed by atoms with Crippen molar-refractivity contribution in [1.82, 2.24) is 14.9 Å². The van der Waals surface area contributed by atoms with Gasteiger partial charge >= 0.3 is 0 Å². The van der Waals surface area contributed by atoms with E-state index in [-0.39, 0.29) is 6.54 Å². The van der Waals surface area contributed by atoms with Gasteiger partial charge in [-0.15, -0.1) is 0 Å². The van der Waals surface area contributed by atoms with Gasteiger partial charge in [0.2, 0.25) is 0 Å². The first-order valence-corrected chi connectivity index (χ1v) is 6.51. The van der Waals surface area contributed by atoms with Crippen molar-refractivity contribution < 1.29 is 10.0 Å². The summed E-state index contributed by atoms with van der Waals surface area (Å²) in [6.07, 6.45) is 4.75. The Balaban J connectivity index is 2.48. The summed E-state index contributed by atoms with van der Waals surface area (Å²) in [5.74, 6) is 0.108. The number of nitrogens with one attached hydrogen (secondary N) is 2. The Kier molecular flexibility index (Phi) is 4.37. The summed E-state index contributed by atoms with van der Waals surface area (Å²) in [6.45, 7) is 3.98. The van der Waals surface area contributed by atoms with Crippen molar-refractivity contribution in [3.05, 3.63) is 35.7 Å². The number of carbonyl (C=O) groups is 1. The molecule has 3 N–H and O–H groups in total. The van der Waals surface area contributed by atoms with Gasteiger partial charge in [-0.1, -0.05) is 19.1 Å². The van der Waals surface area contributed by atoms with Crippen LogP contribution in [-0.2, 0) is 11.2 Å². The highest BCUT2D eigenvalue weighted by atomic mass is 16.5. The van der Waals surface area contributed by atoms with Crippen LogP contribution in [0.4, 0.5) is 5.82 Å². The summed E-state index contributed by atoms with van der Waals surface area (Å²) in [5.41, 5.74) is 4.45. The maximum Gasteiger partial charge on any atom is 0.262 e. The molecule has 0 aromatic carbocycles. The van der Waals surface area contributed by atoms with Crippen LogP contribution in [-0.4, -0.2) is 27.0 Å². The Morgan fingerprint density at radius 1 is 1.50 bits per heavy atom. The number of aromatic nitrogens is 2. The van der Waals surface area contributed by atoms with Crippen molar-refractivity contribution in [3.8, 4) is 0 Å². The fourth-order valence-electron chi connectivity index (χ4n) is 2.11. The molecular formula is C14H18N4O2. The van der Waals surface area contributed by atoms with Gasteiger partial charge in [-0.2, -0.15) is 0 Å². The van der Waals surface area contributed by atoms with Crippen LogP contribution in [0.1, 0.15) is 25.2 Å². The van der Waals surface area contributed by atoms with Gasteiger partial charge in [-0.25, -0.2) is 10.5 Å². The van der Waals surface area contributed by atoms with Crippen LogP contribution in [0.5, 0.6) is 0 Å². The number of nitrogens with zero attached hydrogens (tertiary/aromatic N) is 2. The lowest BCUT2D eigenvalue weighted by Gasteiger charge is -2.06. The van der Waals surface area contributed by atoms with E-state index in [0.717, 1.165) is 23.5 Å². The third kappa shape index (κ3) is 2.65. The fourth-order valence-corrected chi connectivity index (χ4v) is 2.11. The first-order valence-electron chi connectivity index (χ1n) is 6.51. The lowest BCUT2D eigenvalue weighted by atomic mass is 10.2. The molecule has 0 fully saturated rings. The molecule has 0 saturated heterocycles. The topological polar surface area (TPSA) is 78.7 Å². The van der Waals surface area contributed by atoms with E-state index in [1.165, 1.54) is 0 Å². The van der Waals surface area contributed by atoms with Gasteiger partial charge in [0.1, 0.15) is 5.65 Å². The maximum atomic E-state index is 11.1. The molecule has 0 radical (unpaired) electrons. The molecule has 0 aliphatic heterocycles. The Hall–Kier alpha value is -2.34. The Morgan fingerprint density at radius 3 is 2.95 bits per heavy atom. The van der Waals surface area contributed by atoms with Crippen LogP contribution in [0.3, 0.4) is 0 Å². The quantitative estimate of drug-likeness (QED) is 0.574. The van der Waals surface area contributed by atoms with Crippen molar-refractivity contribution in [2.24, 2.45) is 0 Å². The highest BCUT2D eigenvalue weighted by Crippen LogP contribution is 2.21. The third-order valence-corrected chi connectivity index (χ3v) is 2.99. The molecule has 6 heteroatoms. The van der Waals surface area contributed by atoms with Gasteiger partial charge in [0.25, 0.3) is 5.91 Å². The average molecular weight is 274 g/mol. The van der Waals surface area contributed by atoms with Gasteiger partial charge in [0.05, 0.1) is 12.2 Å². The largest absolute Gasteiger partial charge is 0.359 e. The van der Waals surface area contributed by atoms with Crippen LogP contribution in [0.25, 0.3) is 11.7 Å². The highest BCUT2D eigenvalue weighted by Gasteiger charge is 2.12. The van der Waals surface area contributed by atoms with Crippen LogP contribution in [0.15, 0.2) is 24.3 Å². The molecule has 2 aromatic heterocycles. The molecule has 0 unspecified atom stereocenters. The smallest absolute Gasteiger partial charge is 0.262 e. The normalized spacial score (nSPS) is 11.2. The number of hydrogen-bond acceptors (Lipinski definition) is 4. The monoisotopic (exact) mass is 274 g/mol. The number of rotatable bonds is 5. The Labute approximate surface area is 117 Å². The number of fused-ring (bicyclic) bond motifs is 1. The second-order valence-corrected chi connectivity index (χ2v) is 4.30. The third-order valence-electron chi connectivity index (χ3n) is 2.99. The molecule has 0 bridgehead atoms. The molecule has 0 atom stereocenters. The van der Waals surface area contributed by atoms with Gasteiger partial charge in [0, 0.05) is 5.69 Å². The molecule has 0 aliphatic carbocycles. The van der Waals surface area contributed by atoms with E-state index in [1.54, 1.807) is 5.48 Å². The minimum Gasteiger partial charge on any atom is -0.359 e. The van der Waals surface area contributed by atoms with Crippen molar-refractivity contribution >= 4 is 23.4 Å². The van der Waals surface area contributed by atoms with Crippen molar-refractivity contribution in [2.75, 3.05) is 11.9 Å². The summed E-state index contributed by atoms with van der Waals surface area (Å²) in [6, 6.07) is 5.93. The molecule has 0 aliphatic rings. The summed E-state index contributed by atoms with van der Waals surface area (Å²) >= 11 is 0. The van der Waals surface area contributed by atoms with Crippen LogP contribution in [0.2, 0.25) is 0 Å². The number of carbonyl (C=O) groups excluding carboxylic acids is 1. The lowest BCUT2D eigenvalue weighted by molar-refractivity contribution is -0.127. The van der Waals surface area contributed by atoms with Crippen molar-refractivity contribution in [1.29, 1.82) is 0 Å². The zero-order chi connectivity index (χ0) is 14.5. The summed E-state index contributed by atoms with van der Waals surface area (Å²) in [5, 5.41) is 11.5. The van der Waals surface area contributed by atoms with Crippen molar-refractivity contribution in [3.63, 3.8) is 0 Å². The van der Waals surface area contributed by atoms with E-state index < -0.39 is 5.91 Å². The minimum absolute atomic E-state index is 0.0353. The van der Waals surface area contributed by atoms with Crippen LogP contribution >= 0.6 is 0 Å². The van der Waals surface area contributed by atoms with E-state index in [2.05, 4.69) is 21.6 Å². The Bertz CT molecular complexity index is 646. The molecule has 6 nitrogen and oxygen atoms in total. The zero-order valence-corrected chi connectivity index (χ0v) is 11.6.